The average Bonchev–Trinajstić information content (AvgIpc) is 3.01. The van der Waals surface area contributed by atoms with Gasteiger partial charge in [0.05, 0.1) is 31.4 Å². The van der Waals surface area contributed by atoms with Crippen molar-refractivity contribution in [1.82, 2.24) is 20.3 Å². The molecule has 0 saturated heterocycles. The number of amides is 2. The van der Waals surface area contributed by atoms with E-state index in [2.05, 4.69) is 34.7 Å². The van der Waals surface area contributed by atoms with E-state index in [-0.39, 0.29) is 30.2 Å². The van der Waals surface area contributed by atoms with Crippen molar-refractivity contribution in [3.63, 3.8) is 0 Å². The van der Waals surface area contributed by atoms with Crippen LogP contribution >= 0.6 is 0 Å². The highest BCUT2D eigenvalue weighted by Gasteiger charge is 2.17. The minimum Gasteiger partial charge on any atom is -0.351 e. The maximum atomic E-state index is 12.3. The van der Waals surface area contributed by atoms with E-state index in [1.165, 1.54) is 6.92 Å². The van der Waals surface area contributed by atoms with Crippen LogP contribution < -0.4 is 10.6 Å². The molecule has 0 fully saturated rings. The van der Waals surface area contributed by atoms with E-state index in [1.54, 1.807) is 29.3 Å². The Bertz CT molecular complexity index is 665. The first-order chi connectivity index (χ1) is 11.4. The van der Waals surface area contributed by atoms with Gasteiger partial charge < -0.3 is 10.6 Å². The van der Waals surface area contributed by atoms with Gasteiger partial charge in [-0.25, -0.2) is 0 Å². The fraction of sp³-hybridized carbons (Fsp3) is 0.412. The summed E-state index contributed by atoms with van der Waals surface area (Å²) in [4.78, 5) is 24.9. The molecule has 1 aromatic heterocycles. The van der Waals surface area contributed by atoms with Crippen LogP contribution in [0.1, 0.15) is 26.3 Å². The highest BCUT2D eigenvalue weighted by molar-refractivity contribution is 5.88. The van der Waals surface area contributed by atoms with Crippen molar-refractivity contribution in [1.29, 1.82) is 0 Å². The largest absolute Gasteiger partial charge is 0.351 e. The second-order valence-electron chi connectivity index (χ2n) is 6.06. The van der Waals surface area contributed by atoms with Crippen LogP contribution in [0.4, 0.5) is 5.69 Å². The molecule has 2 rings (SSSR count). The van der Waals surface area contributed by atoms with Crippen LogP contribution in [0, 0.1) is 5.92 Å². The number of carbonyl (C=O) groups is 2. The Morgan fingerprint density at radius 1 is 1.12 bits per heavy atom. The minimum absolute atomic E-state index is 0.0384. The molecule has 0 spiro atoms. The molecule has 7 heteroatoms. The first-order valence-electron chi connectivity index (χ1n) is 7.94. The lowest BCUT2D eigenvalue weighted by Crippen LogP contribution is -2.42. The summed E-state index contributed by atoms with van der Waals surface area (Å²) in [7, 11) is 0. The van der Waals surface area contributed by atoms with E-state index in [0.29, 0.717) is 6.54 Å². The predicted molar refractivity (Wildman–Crippen MR) is 91.2 cm³/mol. The number of aromatic nitrogens is 3. The van der Waals surface area contributed by atoms with Gasteiger partial charge in [0.1, 0.15) is 0 Å². The Morgan fingerprint density at radius 3 is 2.29 bits per heavy atom. The SMILES string of the molecule is CC(=O)Nc1ccc(CC(=O)NC(Cn2nccn2)C(C)C)cc1. The minimum atomic E-state index is -0.118. The van der Waals surface area contributed by atoms with Crippen molar-refractivity contribution >= 4 is 17.5 Å². The van der Waals surface area contributed by atoms with E-state index in [0.717, 1.165) is 11.3 Å². The van der Waals surface area contributed by atoms with Crippen LogP contribution in [-0.2, 0) is 22.6 Å². The van der Waals surface area contributed by atoms with E-state index < -0.39 is 0 Å². The van der Waals surface area contributed by atoms with Gasteiger partial charge in [-0.3, -0.25) is 9.59 Å². The van der Waals surface area contributed by atoms with E-state index in [1.807, 2.05) is 12.1 Å². The monoisotopic (exact) mass is 329 g/mol. The van der Waals surface area contributed by atoms with E-state index in [9.17, 15) is 9.59 Å². The van der Waals surface area contributed by atoms with Crippen molar-refractivity contribution in [2.75, 3.05) is 5.32 Å². The maximum absolute atomic E-state index is 12.3. The second-order valence-corrected chi connectivity index (χ2v) is 6.06. The smallest absolute Gasteiger partial charge is 0.224 e. The van der Waals surface area contributed by atoms with Crippen molar-refractivity contribution in [2.45, 2.75) is 39.8 Å². The summed E-state index contributed by atoms with van der Waals surface area (Å²) in [5.74, 6) is 0.0997. The van der Waals surface area contributed by atoms with Crippen LogP contribution in [0.2, 0.25) is 0 Å². The van der Waals surface area contributed by atoms with Crippen LogP contribution in [0.5, 0.6) is 0 Å². The lowest BCUT2D eigenvalue weighted by atomic mass is 10.0. The zero-order valence-electron chi connectivity index (χ0n) is 14.2. The van der Waals surface area contributed by atoms with Gasteiger partial charge in [0.2, 0.25) is 11.8 Å². The van der Waals surface area contributed by atoms with Gasteiger partial charge in [0, 0.05) is 12.6 Å². The fourth-order valence-corrected chi connectivity index (χ4v) is 2.29. The summed E-state index contributed by atoms with van der Waals surface area (Å²) in [5.41, 5.74) is 1.61. The number of anilines is 1. The highest BCUT2D eigenvalue weighted by atomic mass is 16.2. The van der Waals surface area contributed by atoms with Gasteiger partial charge in [-0.15, -0.1) is 0 Å². The molecule has 1 atom stereocenters. The molecule has 128 valence electrons. The fourth-order valence-electron chi connectivity index (χ4n) is 2.29. The number of carbonyl (C=O) groups excluding carboxylic acids is 2. The number of rotatable bonds is 7. The third kappa shape index (κ3) is 5.49. The molecule has 24 heavy (non-hydrogen) atoms. The van der Waals surface area contributed by atoms with Gasteiger partial charge in [-0.05, 0) is 23.6 Å². The normalized spacial score (nSPS) is 12.0. The molecule has 0 radical (unpaired) electrons. The maximum Gasteiger partial charge on any atom is 0.224 e. The number of nitrogens with zero attached hydrogens (tertiary/aromatic N) is 3. The third-order valence-electron chi connectivity index (χ3n) is 3.62. The molecule has 0 aliphatic rings. The Morgan fingerprint density at radius 2 is 1.75 bits per heavy atom. The van der Waals surface area contributed by atoms with E-state index in [4.69, 9.17) is 0 Å². The van der Waals surface area contributed by atoms with Crippen LogP contribution in [0.15, 0.2) is 36.7 Å². The molecule has 1 heterocycles. The number of hydrogen-bond acceptors (Lipinski definition) is 4. The average molecular weight is 329 g/mol. The summed E-state index contributed by atoms with van der Waals surface area (Å²) in [6.45, 7) is 6.10. The molecule has 0 saturated carbocycles. The van der Waals surface area contributed by atoms with Gasteiger partial charge >= 0.3 is 0 Å². The van der Waals surface area contributed by atoms with Crippen molar-refractivity contribution in [2.24, 2.45) is 5.92 Å². The summed E-state index contributed by atoms with van der Waals surface area (Å²) < 4.78 is 0. The molecular weight excluding hydrogens is 306 g/mol. The number of nitrogens with one attached hydrogen (secondary N) is 2. The number of benzene rings is 1. The molecule has 0 aliphatic carbocycles. The Labute approximate surface area is 141 Å². The topological polar surface area (TPSA) is 88.9 Å². The summed E-state index contributed by atoms with van der Waals surface area (Å²) >= 11 is 0. The second kappa shape index (κ2) is 8.24. The molecule has 7 nitrogen and oxygen atoms in total. The summed E-state index contributed by atoms with van der Waals surface area (Å²) in [5, 5.41) is 13.9. The zero-order valence-corrected chi connectivity index (χ0v) is 14.2. The van der Waals surface area contributed by atoms with Crippen LogP contribution in [-0.4, -0.2) is 32.9 Å². The molecule has 2 aromatic rings. The van der Waals surface area contributed by atoms with Gasteiger partial charge in [-0.1, -0.05) is 26.0 Å². The quantitative estimate of drug-likeness (QED) is 0.808. The zero-order chi connectivity index (χ0) is 17.5. The lowest BCUT2D eigenvalue weighted by Gasteiger charge is -2.21. The lowest BCUT2D eigenvalue weighted by molar-refractivity contribution is -0.121. The van der Waals surface area contributed by atoms with Gasteiger partial charge in [0.25, 0.3) is 0 Å². The predicted octanol–water partition coefficient (Wildman–Crippen LogP) is 1.62. The Balaban J connectivity index is 1.91. The van der Waals surface area contributed by atoms with Crippen molar-refractivity contribution in [3.05, 3.63) is 42.2 Å². The standard InChI is InChI=1S/C17H23N5O2/c1-12(2)16(11-22-18-8-9-19-22)21-17(24)10-14-4-6-15(7-5-14)20-13(3)23/h4-9,12,16H,10-11H2,1-3H3,(H,20,23)(H,21,24). The molecule has 2 amide bonds. The molecule has 0 aliphatic heterocycles. The molecular formula is C17H23N5O2. The van der Waals surface area contributed by atoms with Gasteiger partial charge in [-0.2, -0.15) is 15.0 Å². The Kier molecular flexibility index (Phi) is 6.06. The van der Waals surface area contributed by atoms with Crippen LogP contribution in [0.3, 0.4) is 0 Å². The Hall–Kier alpha value is -2.70. The molecule has 1 aromatic carbocycles. The molecule has 2 N–H and O–H groups in total. The molecule has 0 bridgehead atoms. The summed E-state index contributed by atoms with van der Waals surface area (Å²) in [6.07, 6.45) is 3.53. The van der Waals surface area contributed by atoms with Crippen LogP contribution in [0.25, 0.3) is 0 Å². The third-order valence-corrected chi connectivity index (χ3v) is 3.62. The first kappa shape index (κ1) is 17.7. The van der Waals surface area contributed by atoms with Gasteiger partial charge in [0.15, 0.2) is 0 Å². The highest BCUT2D eigenvalue weighted by Crippen LogP contribution is 2.11. The van der Waals surface area contributed by atoms with Crippen molar-refractivity contribution < 1.29 is 9.59 Å². The van der Waals surface area contributed by atoms with Crippen molar-refractivity contribution in [3.8, 4) is 0 Å². The summed E-state index contributed by atoms with van der Waals surface area (Å²) in [6, 6.07) is 7.22. The number of hydrogen-bond donors (Lipinski definition) is 2. The first-order valence-corrected chi connectivity index (χ1v) is 7.94. The molecule has 1 unspecified atom stereocenters. The van der Waals surface area contributed by atoms with E-state index >= 15 is 0 Å².